The van der Waals surface area contributed by atoms with Gasteiger partial charge in [0, 0.05) is 0 Å². The number of ether oxygens (including phenoxy) is 2. The van der Waals surface area contributed by atoms with Gasteiger partial charge in [0.2, 0.25) is 0 Å². The first-order valence-corrected chi connectivity index (χ1v) is 13.7. The van der Waals surface area contributed by atoms with E-state index in [1.807, 2.05) is 12.1 Å². The molecule has 0 spiro atoms. The van der Waals surface area contributed by atoms with Gasteiger partial charge in [-0.05, 0) is 71.2 Å². The van der Waals surface area contributed by atoms with Gasteiger partial charge in [-0.25, -0.2) is 0 Å². The first-order valence-electron chi connectivity index (χ1n) is 12.3. The summed E-state index contributed by atoms with van der Waals surface area (Å²) in [5.41, 5.74) is -2.82. The summed E-state index contributed by atoms with van der Waals surface area (Å²) in [6.07, 6.45) is -2.89. The molecule has 0 fully saturated rings. The van der Waals surface area contributed by atoms with Crippen molar-refractivity contribution in [3.8, 4) is 22.6 Å². The molecule has 3 aromatic rings. The van der Waals surface area contributed by atoms with Gasteiger partial charge in [-0.2, -0.15) is 21.6 Å². The molecule has 40 heavy (non-hydrogen) atoms. The van der Waals surface area contributed by atoms with Crippen molar-refractivity contribution in [1.82, 2.24) is 0 Å². The molecule has 0 aliphatic carbocycles. The van der Waals surface area contributed by atoms with E-state index in [0.29, 0.717) is 24.0 Å². The van der Waals surface area contributed by atoms with Crippen molar-refractivity contribution < 1.29 is 44.2 Å². The minimum atomic E-state index is -5.71. The van der Waals surface area contributed by atoms with Crippen LogP contribution >= 0.6 is 0 Å². The highest BCUT2D eigenvalue weighted by atomic mass is 32.2. The molecule has 0 aromatic heterocycles. The molecule has 0 unspecified atom stereocenters. The summed E-state index contributed by atoms with van der Waals surface area (Å²) >= 11 is 0. The third-order valence-electron chi connectivity index (χ3n) is 5.89. The van der Waals surface area contributed by atoms with E-state index in [0.717, 1.165) is 30.2 Å². The molecule has 218 valence electrons. The topological polar surface area (TPSA) is 64.6 Å². The van der Waals surface area contributed by atoms with Gasteiger partial charge in [-0.1, -0.05) is 63.2 Å². The van der Waals surface area contributed by atoms with Gasteiger partial charge in [0.1, 0.15) is 11.5 Å². The van der Waals surface area contributed by atoms with Crippen LogP contribution in [0.25, 0.3) is 11.1 Å². The molecule has 0 heterocycles. The van der Waals surface area contributed by atoms with Crippen molar-refractivity contribution in [3.05, 3.63) is 77.9 Å². The maximum Gasteiger partial charge on any atom is 0.573 e. The van der Waals surface area contributed by atoms with Gasteiger partial charge >= 0.3 is 21.9 Å². The molecule has 3 aromatic carbocycles. The van der Waals surface area contributed by atoms with Crippen LogP contribution in [0.15, 0.2) is 66.7 Å². The maximum atomic E-state index is 13.0. The highest BCUT2D eigenvalue weighted by Crippen LogP contribution is 2.35. The SMILES string of the molecule is CC(C)(C)c1ccc(CCCCOc2cc(-c3ccc(OC(F)(F)F)cc3)ccc2NS(=O)(=O)C(F)(F)F)cc1. The van der Waals surface area contributed by atoms with Crippen molar-refractivity contribution in [2.24, 2.45) is 0 Å². The monoisotopic (exact) mass is 589 g/mol. The van der Waals surface area contributed by atoms with E-state index in [1.165, 1.54) is 34.6 Å². The van der Waals surface area contributed by atoms with E-state index < -0.39 is 33.3 Å². The Morgan fingerprint density at radius 3 is 1.93 bits per heavy atom. The van der Waals surface area contributed by atoms with E-state index in [-0.39, 0.29) is 17.8 Å². The van der Waals surface area contributed by atoms with Gasteiger partial charge in [0.25, 0.3) is 0 Å². The molecule has 0 bridgehead atoms. The molecule has 0 aliphatic heterocycles. The van der Waals surface area contributed by atoms with Crippen LogP contribution in [0, 0.1) is 0 Å². The predicted molar refractivity (Wildman–Crippen MR) is 141 cm³/mol. The zero-order valence-corrected chi connectivity index (χ0v) is 22.8. The average molecular weight is 590 g/mol. The van der Waals surface area contributed by atoms with Crippen molar-refractivity contribution in [2.45, 2.75) is 57.3 Å². The minimum absolute atomic E-state index is 0.0329. The molecule has 0 radical (unpaired) electrons. The average Bonchev–Trinajstić information content (AvgIpc) is 2.83. The number of sulfonamides is 1. The van der Waals surface area contributed by atoms with Crippen LogP contribution in [-0.4, -0.2) is 26.9 Å². The fourth-order valence-corrected chi connectivity index (χ4v) is 4.32. The lowest BCUT2D eigenvalue weighted by Gasteiger charge is -2.19. The summed E-state index contributed by atoms with van der Waals surface area (Å²) < 4.78 is 111. The van der Waals surface area contributed by atoms with E-state index in [2.05, 4.69) is 37.6 Å². The van der Waals surface area contributed by atoms with Crippen LogP contribution in [0.3, 0.4) is 0 Å². The first-order chi connectivity index (χ1) is 18.4. The molecule has 12 heteroatoms. The van der Waals surface area contributed by atoms with Crippen LogP contribution in [-0.2, 0) is 21.9 Å². The Kier molecular flexibility index (Phi) is 9.33. The third kappa shape index (κ3) is 8.80. The van der Waals surface area contributed by atoms with Crippen LogP contribution in [0.2, 0.25) is 0 Å². The first kappa shape index (κ1) is 31.1. The molecule has 0 aliphatic rings. The summed E-state index contributed by atoms with van der Waals surface area (Å²) in [5.74, 6) is -0.606. The zero-order valence-electron chi connectivity index (χ0n) is 22.0. The number of aryl methyl sites for hydroxylation is 1. The molecular formula is C28H29F6NO4S. The molecular weight excluding hydrogens is 560 g/mol. The maximum absolute atomic E-state index is 13.0. The lowest BCUT2D eigenvalue weighted by molar-refractivity contribution is -0.274. The second-order valence-corrected chi connectivity index (χ2v) is 11.8. The van der Waals surface area contributed by atoms with Gasteiger partial charge in [-0.15, -0.1) is 13.2 Å². The second kappa shape index (κ2) is 12.0. The van der Waals surface area contributed by atoms with Crippen LogP contribution in [0.4, 0.5) is 32.0 Å². The summed E-state index contributed by atoms with van der Waals surface area (Å²) in [6, 6.07) is 16.8. The number of hydrogen-bond acceptors (Lipinski definition) is 4. The summed E-state index contributed by atoms with van der Waals surface area (Å²) in [4.78, 5) is 0. The Morgan fingerprint density at radius 1 is 0.775 bits per heavy atom. The fraction of sp³-hybridized carbons (Fsp3) is 0.357. The van der Waals surface area contributed by atoms with Crippen LogP contribution in [0.5, 0.6) is 11.5 Å². The standard InChI is InChI=1S/C28H29F6NO4S/c1-26(2,3)22-12-7-19(8-13-22)6-4-5-17-38-25-18-21(11-16-24(25)35-40(36,37)28(32,33)34)20-9-14-23(15-10-20)39-27(29,30)31/h7-16,18,35H,4-6,17H2,1-3H3. The van der Waals surface area contributed by atoms with Gasteiger partial charge in [0.05, 0.1) is 12.3 Å². The molecule has 3 rings (SSSR count). The number of rotatable bonds is 10. The third-order valence-corrected chi connectivity index (χ3v) is 6.99. The second-order valence-electron chi connectivity index (χ2n) is 10.1. The Bertz CT molecular complexity index is 1380. The van der Waals surface area contributed by atoms with E-state index in [9.17, 15) is 34.8 Å². The quantitative estimate of drug-likeness (QED) is 0.191. The van der Waals surface area contributed by atoms with Crippen LogP contribution < -0.4 is 14.2 Å². The Balaban J connectivity index is 1.73. The van der Waals surface area contributed by atoms with Crippen molar-refractivity contribution in [2.75, 3.05) is 11.3 Å². The Morgan fingerprint density at radius 2 is 1.38 bits per heavy atom. The molecule has 0 amide bonds. The summed E-state index contributed by atoms with van der Waals surface area (Å²) in [5, 5.41) is 0. The lowest BCUT2D eigenvalue weighted by atomic mass is 9.86. The predicted octanol–water partition coefficient (Wildman–Crippen LogP) is 8.21. The number of nitrogens with one attached hydrogen (secondary N) is 1. The van der Waals surface area contributed by atoms with Crippen molar-refractivity contribution >= 4 is 15.7 Å². The molecule has 5 nitrogen and oxygen atoms in total. The number of hydrogen-bond donors (Lipinski definition) is 1. The summed E-state index contributed by atoms with van der Waals surface area (Å²) in [6.45, 7) is 6.45. The smallest absolute Gasteiger partial charge is 0.491 e. The van der Waals surface area contributed by atoms with E-state index in [4.69, 9.17) is 4.74 Å². The largest absolute Gasteiger partial charge is 0.573 e. The summed E-state index contributed by atoms with van der Waals surface area (Å²) in [7, 11) is -5.71. The van der Waals surface area contributed by atoms with Gasteiger partial charge in [-0.3, -0.25) is 4.72 Å². The lowest BCUT2D eigenvalue weighted by Crippen LogP contribution is -2.30. The minimum Gasteiger partial charge on any atom is -0.491 e. The number of anilines is 1. The molecule has 0 saturated heterocycles. The molecule has 0 atom stereocenters. The van der Waals surface area contributed by atoms with E-state index in [1.54, 1.807) is 0 Å². The molecule has 0 saturated carbocycles. The van der Waals surface area contributed by atoms with Crippen molar-refractivity contribution in [1.29, 1.82) is 0 Å². The highest BCUT2D eigenvalue weighted by Gasteiger charge is 2.46. The number of benzene rings is 3. The number of halogens is 6. The zero-order chi connectivity index (χ0) is 29.8. The fourth-order valence-electron chi connectivity index (χ4n) is 3.74. The normalized spacial score (nSPS) is 12.7. The molecule has 1 N–H and O–H groups in total. The Hall–Kier alpha value is -3.41. The Labute approximate surface area is 229 Å². The van der Waals surface area contributed by atoms with Crippen LogP contribution in [0.1, 0.15) is 44.7 Å². The number of alkyl halides is 6. The highest BCUT2D eigenvalue weighted by molar-refractivity contribution is 7.93. The number of unbranched alkanes of at least 4 members (excludes halogenated alkanes) is 1. The van der Waals surface area contributed by atoms with Crippen molar-refractivity contribution in [3.63, 3.8) is 0 Å². The van der Waals surface area contributed by atoms with Gasteiger partial charge in [0.15, 0.2) is 0 Å². The van der Waals surface area contributed by atoms with Gasteiger partial charge < -0.3 is 9.47 Å². The van der Waals surface area contributed by atoms with E-state index >= 15 is 0 Å².